The van der Waals surface area contributed by atoms with Crippen molar-refractivity contribution in [3.63, 3.8) is 0 Å². The molecule has 0 saturated carbocycles. The molecule has 0 saturated heterocycles. The maximum Gasteiger partial charge on any atom is 0.141 e. The lowest BCUT2D eigenvalue weighted by Gasteiger charge is -2.25. The van der Waals surface area contributed by atoms with Crippen LogP contribution in [-0.4, -0.2) is 12.6 Å². The van der Waals surface area contributed by atoms with Crippen molar-refractivity contribution in [3.05, 3.63) is 41.4 Å². The minimum atomic E-state index is -1.26. The van der Waals surface area contributed by atoms with Crippen molar-refractivity contribution in [2.75, 3.05) is 11.4 Å². The molecule has 80 valence electrons. The summed E-state index contributed by atoms with van der Waals surface area (Å²) in [7, 11) is 0. The molecule has 1 aromatic rings. The number of carbonyl (C=O) groups excluding carboxylic acids is 1. The van der Waals surface area contributed by atoms with E-state index >= 15 is 0 Å². The number of anilines is 1. The van der Waals surface area contributed by atoms with Crippen LogP contribution in [0.1, 0.15) is 5.56 Å². The van der Waals surface area contributed by atoms with Crippen LogP contribution in [-0.2, 0) is 0 Å². The Morgan fingerprint density at radius 3 is 2.87 bits per heavy atom. The average molecular weight is 225 g/mol. The molecule has 0 fully saturated rings. The van der Waals surface area contributed by atoms with Crippen molar-refractivity contribution >= 4 is 23.4 Å². The Balaban J connectivity index is 3.15. The first kappa shape index (κ1) is 11.6. The number of aryl methyl sites for hydroxylation is 1. The predicted octanol–water partition coefficient (Wildman–Crippen LogP) is 1.98. The Kier molecular flexibility index (Phi) is 3.74. The molecule has 3 nitrogen and oxygen atoms in total. The first-order chi connectivity index (χ1) is 7.06. The second kappa shape index (κ2) is 4.84. The summed E-state index contributed by atoms with van der Waals surface area (Å²) in [5.74, 6) is 0. The molecule has 0 bridgehead atoms. The fourth-order valence-corrected chi connectivity index (χ4v) is 1.44. The van der Waals surface area contributed by atoms with E-state index in [1.807, 2.05) is 6.92 Å². The SMILES string of the molecule is C=CCN(C(=O)[O-])c1cc(Cl)ccc1C. The van der Waals surface area contributed by atoms with Gasteiger partial charge < -0.3 is 14.8 Å². The van der Waals surface area contributed by atoms with E-state index in [4.69, 9.17) is 11.6 Å². The van der Waals surface area contributed by atoms with E-state index < -0.39 is 6.09 Å². The molecule has 15 heavy (non-hydrogen) atoms. The Morgan fingerprint density at radius 2 is 2.33 bits per heavy atom. The Labute approximate surface area is 93.6 Å². The van der Waals surface area contributed by atoms with Crippen molar-refractivity contribution in [3.8, 4) is 0 Å². The van der Waals surface area contributed by atoms with E-state index in [-0.39, 0.29) is 6.54 Å². The molecule has 0 aliphatic rings. The van der Waals surface area contributed by atoms with Gasteiger partial charge in [-0.25, -0.2) is 0 Å². The maximum atomic E-state index is 10.9. The quantitative estimate of drug-likeness (QED) is 0.737. The number of hydrogen-bond acceptors (Lipinski definition) is 2. The van der Waals surface area contributed by atoms with E-state index in [0.717, 1.165) is 10.5 Å². The molecule has 0 N–H and O–H groups in total. The molecule has 1 aromatic carbocycles. The van der Waals surface area contributed by atoms with Crippen molar-refractivity contribution in [1.82, 2.24) is 0 Å². The highest BCUT2D eigenvalue weighted by Crippen LogP contribution is 2.23. The number of carboxylic acid groups (broad SMARTS) is 1. The fraction of sp³-hybridized carbons (Fsp3) is 0.182. The third-order valence-electron chi connectivity index (χ3n) is 1.99. The zero-order chi connectivity index (χ0) is 11.4. The first-order valence-electron chi connectivity index (χ1n) is 4.42. The topological polar surface area (TPSA) is 43.4 Å². The molecule has 0 spiro atoms. The number of hydrogen-bond donors (Lipinski definition) is 0. The first-order valence-corrected chi connectivity index (χ1v) is 4.79. The highest BCUT2D eigenvalue weighted by molar-refractivity contribution is 6.31. The molecular formula is C11H11ClNO2-. The summed E-state index contributed by atoms with van der Waals surface area (Å²) in [6.45, 7) is 5.49. The lowest BCUT2D eigenvalue weighted by atomic mass is 10.2. The number of amides is 1. The third-order valence-corrected chi connectivity index (χ3v) is 2.23. The van der Waals surface area contributed by atoms with Crippen LogP contribution in [0.15, 0.2) is 30.9 Å². The van der Waals surface area contributed by atoms with Crippen LogP contribution in [0.3, 0.4) is 0 Å². The molecule has 0 unspecified atom stereocenters. The van der Waals surface area contributed by atoms with Crippen LogP contribution < -0.4 is 10.0 Å². The minimum Gasteiger partial charge on any atom is -0.530 e. The minimum absolute atomic E-state index is 0.184. The van der Waals surface area contributed by atoms with E-state index in [0.29, 0.717) is 10.7 Å². The zero-order valence-corrected chi connectivity index (χ0v) is 9.12. The van der Waals surface area contributed by atoms with Gasteiger partial charge in [-0.05, 0) is 24.6 Å². The van der Waals surface area contributed by atoms with Crippen LogP contribution in [0.2, 0.25) is 5.02 Å². The van der Waals surface area contributed by atoms with Gasteiger partial charge in [0.15, 0.2) is 0 Å². The van der Waals surface area contributed by atoms with Crippen LogP contribution in [0.4, 0.5) is 10.5 Å². The number of nitrogens with zero attached hydrogens (tertiary/aromatic N) is 1. The molecular weight excluding hydrogens is 214 g/mol. The molecule has 0 aromatic heterocycles. The largest absolute Gasteiger partial charge is 0.530 e. The van der Waals surface area contributed by atoms with Gasteiger partial charge in [0.1, 0.15) is 6.09 Å². The maximum absolute atomic E-state index is 10.9. The number of halogens is 1. The van der Waals surface area contributed by atoms with Gasteiger partial charge in [-0.1, -0.05) is 23.7 Å². The second-order valence-corrected chi connectivity index (χ2v) is 3.53. The Bertz CT molecular complexity index is 390. The highest BCUT2D eigenvalue weighted by atomic mass is 35.5. The summed E-state index contributed by atoms with van der Waals surface area (Å²) in [5.41, 5.74) is 1.35. The van der Waals surface area contributed by atoms with Gasteiger partial charge in [0, 0.05) is 17.3 Å². The van der Waals surface area contributed by atoms with Crippen LogP contribution in [0.25, 0.3) is 0 Å². The Hall–Kier alpha value is -1.48. The summed E-state index contributed by atoms with van der Waals surface area (Å²) in [5, 5.41) is 11.4. The predicted molar refractivity (Wildman–Crippen MR) is 59.1 cm³/mol. The molecule has 4 heteroatoms. The molecule has 0 atom stereocenters. The molecule has 0 aliphatic heterocycles. The number of carbonyl (C=O) groups is 1. The van der Waals surface area contributed by atoms with Gasteiger partial charge in [-0.15, -0.1) is 6.58 Å². The summed E-state index contributed by atoms with van der Waals surface area (Å²) in [6, 6.07) is 5.06. The summed E-state index contributed by atoms with van der Waals surface area (Å²) in [4.78, 5) is 12.0. The van der Waals surface area contributed by atoms with E-state index in [2.05, 4.69) is 6.58 Å². The van der Waals surface area contributed by atoms with Gasteiger partial charge in [-0.2, -0.15) is 0 Å². The van der Waals surface area contributed by atoms with E-state index in [9.17, 15) is 9.90 Å². The van der Waals surface area contributed by atoms with Crippen molar-refractivity contribution in [2.45, 2.75) is 6.92 Å². The average Bonchev–Trinajstić information content (AvgIpc) is 2.18. The number of rotatable bonds is 3. The Morgan fingerprint density at radius 1 is 1.67 bits per heavy atom. The van der Waals surface area contributed by atoms with Crippen molar-refractivity contribution < 1.29 is 9.90 Å². The summed E-state index contributed by atoms with van der Waals surface area (Å²) in [6.07, 6.45) is 0.233. The van der Waals surface area contributed by atoms with Gasteiger partial charge in [0.2, 0.25) is 0 Å². The monoisotopic (exact) mass is 224 g/mol. The van der Waals surface area contributed by atoms with Gasteiger partial charge in [-0.3, -0.25) is 0 Å². The molecule has 1 rings (SSSR count). The standard InChI is InChI=1S/C11H12ClNO2/c1-3-6-13(11(14)15)10-7-9(12)5-4-8(10)2/h3-5,7H,1,6H2,2H3,(H,14,15)/p-1. The second-order valence-electron chi connectivity index (χ2n) is 3.10. The zero-order valence-electron chi connectivity index (χ0n) is 8.37. The van der Waals surface area contributed by atoms with Crippen LogP contribution in [0.5, 0.6) is 0 Å². The lowest BCUT2D eigenvalue weighted by molar-refractivity contribution is -0.246. The normalized spacial score (nSPS) is 9.73. The van der Waals surface area contributed by atoms with Gasteiger partial charge >= 0.3 is 0 Å². The van der Waals surface area contributed by atoms with Crippen molar-refractivity contribution in [2.24, 2.45) is 0 Å². The van der Waals surface area contributed by atoms with Gasteiger partial charge in [0.25, 0.3) is 0 Å². The number of benzene rings is 1. The van der Waals surface area contributed by atoms with Crippen LogP contribution >= 0.6 is 11.6 Å². The third kappa shape index (κ3) is 2.73. The smallest absolute Gasteiger partial charge is 0.141 e. The fourth-order valence-electron chi connectivity index (χ4n) is 1.27. The molecule has 1 amide bonds. The summed E-state index contributed by atoms with van der Waals surface area (Å²) >= 11 is 5.80. The van der Waals surface area contributed by atoms with Crippen LogP contribution in [0, 0.1) is 6.92 Å². The molecule has 0 radical (unpaired) electrons. The van der Waals surface area contributed by atoms with E-state index in [1.54, 1.807) is 18.2 Å². The lowest BCUT2D eigenvalue weighted by Crippen LogP contribution is -2.41. The van der Waals surface area contributed by atoms with Gasteiger partial charge in [0.05, 0.1) is 0 Å². The summed E-state index contributed by atoms with van der Waals surface area (Å²) < 4.78 is 0. The van der Waals surface area contributed by atoms with Crippen molar-refractivity contribution in [1.29, 1.82) is 0 Å². The molecule has 0 heterocycles. The highest BCUT2D eigenvalue weighted by Gasteiger charge is 2.09. The van der Waals surface area contributed by atoms with E-state index in [1.165, 1.54) is 6.08 Å². The molecule has 0 aliphatic carbocycles.